The molecule has 4 heteroatoms. The van der Waals surface area contributed by atoms with Crippen LogP contribution in [0.2, 0.25) is 0 Å². The van der Waals surface area contributed by atoms with Crippen LogP contribution >= 0.6 is 0 Å². The van der Waals surface area contributed by atoms with Gasteiger partial charge in [0.2, 0.25) is 5.91 Å². The first kappa shape index (κ1) is 13.6. The van der Waals surface area contributed by atoms with Gasteiger partial charge in [0.1, 0.15) is 0 Å². The molecule has 0 radical (unpaired) electrons. The zero-order valence-corrected chi connectivity index (χ0v) is 10.6. The molecule has 2 N–H and O–H groups in total. The van der Waals surface area contributed by atoms with Crippen LogP contribution in [-0.2, 0) is 11.3 Å². The maximum atomic E-state index is 11.5. The molecule has 17 heavy (non-hydrogen) atoms. The molecule has 0 aliphatic rings. The average molecular weight is 236 g/mol. The molecule has 1 heterocycles. The number of carbonyl (C=O) groups is 1. The Morgan fingerprint density at radius 3 is 2.76 bits per heavy atom. The number of pyridine rings is 1. The fourth-order valence-electron chi connectivity index (χ4n) is 1.38. The Morgan fingerprint density at radius 2 is 2.18 bits per heavy atom. The summed E-state index contributed by atoms with van der Waals surface area (Å²) in [5, 5.41) is 12.3. The summed E-state index contributed by atoms with van der Waals surface area (Å²) in [4.78, 5) is 15.8. The lowest BCUT2D eigenvalue weighted by molar-refractivity contribution is -0.123. The lowest BCUT2D eigenvalue weighted by Crippen LogP contribution is -2.29. The van der Waals surface area contributed by atoms with Crippen LogP contribution in [0.25, 0.3) is 0 Å². The molecule has 1 aromatic heterocycles. The van der Waals surface area contributed by atoms with E-state index in [2.05, 4.69) is 10.3 Å². The van der Waals surface area contributed by atoms with E-state index in [9.17, 15) is 9.90 Å². The van der Waals surface area contributed by atoms with Gasteiger partial charge in [0.15, 0.2) is 0 Å². The van der Waals surface area contributed by atoms with Crippen molar-refractivity contribution in [2.75, 3.05) is 0 Å². The zero-order valence-electron chi connectivity index (χ0n) is 10.6. The standard InChI is InChI=1S/C13H20N2O2/c1-9(2)12(16)7-13(17)14-8-11-6-4-5-10(3)15-11/h4-6,9,12,16H,7-8H2,1-3H3,(H,14,17). The molecule has 0 saturated heterocycles. The van der Waals surface area contributed by atoms with Crippen molar-refractivity contribution in [1.82, 2.24) is 10.3 Å². The number of amides is 1. The Morgan fingerprint density at radius 1 is 1.47 bits per heavy atom. The third kappa shape index (κ3) is 4.95. The molecular formula is C13H20N2O2. The number of rotatable bonds is 5. The molecule has 1 unspecified atom stereocenters. The summed E-state index contributed by atoms with van der Waals surface area (Å²) in [5.74, 6) is -0.0487. The Kier molecular flexibility index (Phi) is 5.10. The minimum atomic E-state index is -0.583. The zero-order chi connectivity index (χ0) is 12.8. The second-order valence-electron chi connectivity index (χ2n) is 4.56. The van der Waals surface area contributed by atoms with Crippen molar-refractivity contribution in [3.8, 4) is 0 Å². The molecule has 1 atom stereocenters. The van der Waals surface area contributed by atoms with Crippen LogP contribution in [0.15, 0.2) is 18.2 Å². The van der Waals surface area contributed by atoms with Gasteiger partial charge in [-0.1, -0.05) is 19.9 Å². The van der Waals surface area contributed by atoms with Crippen LogP contribution in [0.5, 0.6) is 0 Å². The number of carbonyl (C=O) groups excluding carboxylic acids is 1. The number of nitrogens with one attached hydrogen (secondary N) is 1. The molecule has 0 aliphatic carbocycles. The minimum absolute atomic E-state index is 0.0952. The Bertz CT molecular complexity index is 377. The van der Waals surface area contributed by atoms with Gasteiger partial charge in [0, 0.05) is 5.69 Å². The SMILES string of the molecule is Cc1cccc(CNC(=O)CC(O)C(C)C)n1. The highest BCUT2D eigenvalue weighted by molar-refractivity contribution is 5.76. The summed E-state index contributed by atoms with van der Waals surface area (Å²) in [5.41, 5.74) is 1.76. The highest BCUT2D eigenvalue weighted by Crippen LogP contribution is 2.05. The highest BCUT2D eigenvalue weighted by atomic mass is 16.3. The predicted molar refractivity (Wildman–Crippen MR) is 66.3 cm³/mol. The monoisotopic (exact) mass is 236 g/mol. The van der Waals surface area contributed by atoms with E-state index in [1.165, 1.54) is 0 Å². The van der Waals surface area contributed by atoms with Crippen LogP contribution in [0.3, 0.4) is 0 Å². The van der Waals surface area contributed by atoms with Gasteiger partial charge in [-0.3, -0.25) is 9.78 Å². The summed E-state index contributed by atoms with van der Waals surface area (Å²) in [6.07, 6.45) is -0.441. The molecular weight excluding hydrogens is 216 g/mol. The quantitative estimate of drug-likeness (QED) is 0.812. The molecule has 1 aromatic rings. The number of aromatic nitrogens is 1. The summed E-state index contributed by atoms with van der Waals surface area (Å²) >= 11 is 0. The summed E-state index contributed by atoms with van der Waals surface area (Å²) in [6.45, 7) is 6.10. The van der Waals surface area contributed by atoms with Gasteiger partial charge in [0.05, 0.1) is 24.8 Å². The van der Waals surface area contributed by atoms with Crippen molar-refractivity contribution in [3.63, 3.8) is 0 Å². The smallest absolute Gasteiger partial charge is 0.222 e. The summed E-state index contributed by atoms with van der Waals surface area (Å²) in [7, 11) is 0. The highest BCUT2D eigenvalue weighted by Gasteiger charge is 2.13. The van der Waals surface area contributed by atoms with E-state index in [1.807, 2.05) is 39.0 Å². The molecule has 0 spiro atoms. The summed E-state index contributed by atoms with van der Waals surface area (Å²) < 4.78 is 0. The lowest BCUT2D eigenvalue weighted by atomic mass is 10.0. The van der Waals surface area contributed by atoms with Gasteiger partial charge in [-0.15, -0.1) is 0 Å². The number of aryl methyl sites for hydroxylation is 1. The van der Waals surface area contributed by atoms with Crippen molar-refractivity contribution in [2.24, 2.45) is 5.92 Å². The number of hydrogen-bond acceptors (Lipinski definition) is 3. The molecule has 1 amide bonds. The van der Waals surface area contributed by atoms with Gasteiger partial charge in [-0.25, -0.2) is 0 Å². The molecule has 0 saturated carbocycles. The number of nitrogens with zero attached hydrogens (tertiary/aromatic N) is 1. The first-order valence-electron chi connectivity index (χ1n) is 5.86. The fraction of sp³-hybridized carbons (Fsp3) is 0.538. The number of aliphatic hydroxyl groups is 1. The van der Waals surface area contributed by atoms with Gasteiger partial charge in [-0.05, 0) is 25.0 Å². The lowest BCUT2D eigenvalue weighted by Gasteiger charge is -2.13. The van der Waals surface area contributed by atoms with E-state index in [4.69, 9.17) is 0 Å². The van der Waals surface area contributed by atoms with Crippen molar-refractivity contribution >= 4 is 5.91 Å². The van der Waals surface area contributed by atoms with Gasteiger partial charge in [0.25, 0.3) is 0 Å². The van der Waals surface area contributed by atoms with E-state index in [-0.39, 0.29) is 18.2 Å². The maximum absolute atomic E-state index is 11.5. The number of aliphatic hydroxyl groups excluding tert-OH is 1. The van der Waals surface area contributed by atoms with E-state index >= 15 is 0 Å². The topological polar surface area (TPSA) is 62.2 Å². The third-order valence-electron chi connectivity index (χ3n) is 2.58. The van der Waals surface area contributed by atoms with Gasteiger partial charge in [-0.2, -0.15) is 0 Å². The molecule has 0 fully saturated rings. The normalized spacial score (nSPS) is 12.5. The third-order valence-corrected chi connectivity index (χ3v) is 2.58. The Hall–Kier alpha value is -1.42. The Labute approximate surface area is 102 Å². The Balaban J connectivity index is 2.38. The summed E-state index contributed by atoms with van der Waals surface area (Å²) in [6, 6.07) is 5.69. The van der Waals surface area contributed by atoms with Crippen LogP contribution in [0.4, 0.5) is 0 Å². The molecule has 94 valence electrons. The minimum Gasteiger partial charge on any atom is -0.392 e. The van der Waals surface area contributed by atoms with Crippen LogP contribution in [0, 0.1) is 12.8 Å². The fourth-order valence-corrected chi connectivity index (χ4v) is 1.38. The van der Waals surface area contributed by atoms with E-state index < -0.39 is 6.10 Å². The predicted octanol–water partition coefficient (Wildman–Crippen LogP) is 1.41. The first-order chi connectivity index (χ1) is 7.99. The molecule has 0 bridgehead atoms. The molecule has 0 aromatic carbocycles. The average Bonchev–Trinajstić information content (AvgIpc) is 2.26. The van der Waals surface area contributed by atoms with Crippen LogP contribution < -0.4 is 5.32 Å². The van der Waals surface area contributed by atoms with Crippen molar-refractivity contribution in [1.29, 1.82) is 0 Å². The first-order valence-corrected chi connectivity index (χ1v) is 5.86. The second-order valence-corrected chi connectivity index (χ2v) is 4.56. The van der Waals surface area contributed by atoms with Gasteiger partial charge >= 0.3 is 0 Å². The molecule has 1 rings (SSSR count). The second kappa shape index (κ2) is 6.35. The largest absolute Gasteiger partial charge is 0.392 e. The maximum Gasteiger partial charge on any atom is 0.222 e. The van der Waals surface area contributed by atoms with Crippen molar-refractivity contribution in [3.05, 3.63) is 29.6 Å². The van der Waals surface area contributed by atoms with E-state index in [1.54, 1.807) is 0 Å². The van der Waals surface area contributed by atoms with E-state index in [0.29, 0.717) is 6.54 Å². The number of hydrogen-bond donors (Lipinski definition) is 2. The van der Waals surface area contributed by atoms with Crippen molar-refractivity contribution in [2.45, 2.75) is 39.8 Å². The van der Waals surface area contributed by atoms with Crippen LogP contribution in [0.1, 0.15) is 31.7 Å². The van der Waals surface area contributed by atoms with Crippen molar-refractivity contribution < 1.29 is 9.90 Å². The molecule has 0 aliphatic heterocycles. The van der Waals surface area contributed by atoms with E-state index in [0.717, 1.165) is 11.4 Å². The molecule has 4 nitrogen and oxygen atoms in total. The van der Waals surface area contributed by atoms with Crippen LogP contribution in [-0.4, -0.2) is 22.1 Å². The van der Waals surface area contributed by atoms with Gasteiger partial charge < -0.3 is 10.4 Å².